The molecule has 0 saturated carbocycles. The number of amides is 2. The maximum Gasteiger partial charge on any atom is 0.273 e. The van der Waals surface area contributed by atoms with Gasteiger partial charge in [0.2, 0.25) is 5.91 Å². The summed E-state index contributed by atoms with van der Waals surface area (Å²) in [6.07, 6.45) is 0.576. The van der Waals surface area contributed by atoms with Crippen molar-refractivity contribution in [3.8, 4) is 0 Å². The molecule has 2 aromatic carbocycles. The highest BCUT2D eigenvalue weighted by Gasteiger charge is 2.31. The number of para-hydroxylation sites is 1. The van der Waals surface area contributed by atoms with E-state index in [-0.39, 0.29) is 23.3 Å². The molecule has 31 heavy (non-hydrogen) atoms. The van der Waals surface area contributed by atoms with Gasteiger partial charge in [-0.1, -0.05) is 30.3 Å². The van der Waals surface area contributed by atoms with Crippen molar-refractivity contribution in [1.29, 1.82) is 0 Å². The van der Waals surface area contributed by atoms with Crippen LogP contribution in [0.4, 0.5) is 4.39 Å². The highest BCUT2D eigenvalue weighted by Crippen LogP contribution is 2.31. The molecule has 4 rings (SSSR count). The van der Waals surface area contributed by atoms with Crippen molar-refractivity contribution in [3.05, 3.63) is 65.6 Å². The lowest BCUT2D eigenvalue weighted by Crippen LogP contribution is -2.49. The number of rotatable bonds is 5. The van der Waals surface area contributed by atoms with Crippen LogP contribution >= 0.6 is 0 Å². The number of aliphatic hydroxyl groups excluding tert-OH is 1. The SMILES string of the molecule is CC(NC(=O)c1n[nH]c2ccccc12)C(=O)N1CCC(C(O)c2ccc(F)cc2)CC1. The second-order valence-corrected chi connectivity index (χ2v) is 7.97. The lowest BCUT2D eigenvalue weighted by molar-refractivity contribution is -0.134. The number of carbonyl (C=O) groups excluding carboxylic acids is 2. The van der Waals surface area contributed by atoms with Crippen molar-refractivity contribution in [2.75, 3.05) is 13.1 Å². The standard InChI is InChI=1S/C23H25FN4O3/c1-14(25-22(30)20-18-4-2-3-5-19(18)26-27-20)23(31)28-12-10-16(11-13-28)21(29)15-6-8-17(24)9-7-15/h2-9,14,16,21,29H,10-13H2,1H3,(H,25,30)(H,26,27). The van der Waals surface area contributed by atoms with Gasteiger partial charge in [0.05, 0.1) is 11.6 Å². The maximum absolute atomic E-state index is 13.1. The normalized spacial score (nSPS) is 16.8. The van der Waals surface area contributed by atoms with Gasteiger partial charge >= 0.3 is 0 Å². The number of H-pyrrole nitrogens is 1. The molecule has 2 amide bonds. The van der Waals surface area contributed by atoms with Gasteiger partial charge in [0, 0.05) is 18.5 Å². The van der Waals surface area contributed by atoms with Crippen molar-refractivity contribution >= 4 is 22.7 Å². The van der Waals surface area contributed by atoms with E-state index in [1.54, 1.807) is 30.0 Å². The fourth-order valence-electron chi connectivity index (χ4n) is 4.10. The van der Waals surface area contributed by atoms with E-state index in [1.165, 1.54) is 12.1 Å². The molecular weight excluding hydrogens is 399 g/mol. The number of aromatic nitrogens is 2. The Morgan fingerprint density at radius 1 is 1.16 bits per heavy atom. The molecule has 3 aromatic rings. The molecule has 1 saturated heterocycles. The van der Waals surface area contributed by atoms with Crippen LogP contribution in [0.1, 0.15) is 41.9 Å². The Morgan fingerprint density at radius 3 is 2.55 bits per heavy atom. The first-order valence-electron chi connectivity index (χ1n) is 10.4. The van der Waals surface area contributed by atoms with E-state index in [1.807, 2.05) is 18.2 Å². The third kappa shape index (κ3) is 4.44. The minimum Gasteiger partial charge on any atom is -0.388 e. The number of halogens is 1. The first kappa shape index (κ1) is 21.0. The highest BCUT2D eigenvalue weighted by molar-refractivity contribution is 6.05. The lowest BCUT2D eigenvalue weighted by Gasteiger charge is -2.35. The largest absolute Gasteiger partial charge is 0.388 e. The predicted molar refractivity (Wildman–Crippen MR) is 114 cm³/mol. The quantitative estimate of drug-likeness (QED) is 0.587. The summed E-state index contributed by atoms with van der Waals surface area (Å²) >= 11 is 0. The minimum absolute atomic E-state index is 0.00479. The van der Waals surface area contributed by atoms with Gasteiger partial charge in [-0.25, -0.2) is 4.39 Å². The van der Waals surface area contributed by atoms with Crippen LogP contribution in [0.25, 0.3) is 10.9 Å². The summed E-state index contributed by atoms with van der Waals surface area (Å²) in [5.41, 5.74) is 1.70. The number of aliphatic hydroxyl groups is 1. The van der Waals surface area contributed by atoms with Gasteiger partial charge in [0.15, 0.2) is 5.69 Å². The number of likely N-dealkylation sites (tertiary alicyclic amines) is 1. The Balaban J connectivity index is 1.32. The average Bonchev–Trinajstić information content (AvgIpc) is 3.23. The summed E-state index contributed by atoms with van der Waals surface area (Å²) in [6, 6.07) is 12.5. The number of nitrogens with zero attached hydrogens (tertiary/aromatic N) is 2. The van der Waals surface area contributed by atoms with E-state index in [9.17, 15) is 19.1 Å². The van der Waals surface area contributed by atoms with Crippen molar-refractivity contribution in [2.45, 2.75) is 31.9 Å². The van der Waals surface area contributed by atoms with Crippen LogP contribution in [-0.2, 0) is 4.79 Å². The molecule has 1 aromatic heterocycles. The zero-order valence-corrected chi connectivity index (χ0v) is 17.2. The van der Waals surface area contributed by atoms with Gasteiger partial charge in [-0.15, -0.1) is 0 Å². The Bertz CT molecular complexity index is 1070. The number of nitrogens with one attached hydrogen (secondary N) is 2. The zero-order valence-electron chi connectivity index (χ0n) is 17.2. The molecule has 1 aliphatic rings. The summed E-state index contributed by atoms with van der Waals surface area (Å²) in [7, 11) is 0. The molecule has 0 bridgehead atoms. The van der Waals surface area contributed by atoms with Crippen LogP contribution < -0.4 is 5.32 Å². The Labute approximate surface area is 179 Å². The van der Waals surface area contributed by atoms with Gasteiger partial charge in [0.1, 0.15) is 11.9 Å². The number of piperidine rings is 1. The Kier molecular flexibility index (Phi) is 5.99. The number of hydrogen-bond donors (Lipinski definition) is 3. The van der Waals surface area contributed by atoms with Gasteiger partial charge in [0.25, 0.3) is 5.91 Å². The van der Waals surface area contributed by atoms with Crippen LogP contribution in [0.2, 0.25) is 0 Å². The molecular formula is C23H25FN4O3. The van der Waals surface area contributed by atoms with Crippen LogP contribution in [0, 0.1) is 11.7 Å². The molecule has 2 unspecified atom stereocenters. The van der Waals surface area contributed by atoms with Crippen LogP contribution in [0.3, 0.4) is 0 Å². The molecule has 2 atom stereocenters. The summed E-state index contributed by atoms with van der Waals surface area (Å²) in [5, 5.41) is 20.9. The third-order valence-corrected chi connectivity index (χ3v) is 5.91. The lowest BCUT2D eigenvalue weighted by atomic mass is 9.87. The molecule has 1 fully saturated rings. The average molecular weight is 424 g/mol. The summed E-state index contributed by atoms with van der Waals surface area (Å²) in [6.45, 7) is 2.65. The van der Waals surface area contributed by atoms with Crippen molar-refractivity contribution in [3.63, 3.8) is 0 Å². The fourth-order valence-corrected chi connectivity index (χ4v) is 4.10. The Hall–Kier alpha value is -3.26. The van der Waals surface area contributed by atoms with E-state index in [0.717, 1.165) is 5.52 Å². The molecule has 0 spiro atoms. The van der Waals surface area contributed by atoms with Crippen LogP contribution in [0.5, 0.6) is 0 Å². The van der Waals surface area contributed by atoms with E-state index in [4.69, 9.17) is 0 Å². The molecule has 2 heterocycles. The van der Waals surface area contributed by atoms with Gasteiger partial charge in [-0.2, -0.15) is 5.10 Å². The minimum atomic E-state index is -0.693. The first-order chi connectivity index (χ1) is 14.9. The molecule has 1 aliphatic heterocycles. The summed E-state index contributed by atoms with van der Waals surface area (Å²) < 4.78 is 13.1. The number of carbonyl (C=O) groups is 2. The Morgan fingerprint density at radius 2 is 1.84 bits per heavy atom. The number of fused-ring (bicyclic) bond motifs is 1. The second-order valence-electron chi connectivity index (χ2n) is 7.97. The molecule has 162 valence electrons. The third-order valence-electron chi connectivity index (χ3n) is 5.91. The first-order valence-corrected chi connectivity index (χ1v) is 10.4. The van der Waals surface area contributed by atoms with Crippen molar-refractivity contribution in [1.82, 2.24) is 20.4 Å². The topological polar surface area (TPSA) is 98.3 Å². The van der Waals surface area contributed by atoms with Gasteiger partial charge in [-0.3, -0.25) is 14.7 Å². The van der Waals surface area contributed by atoms with Crippen LogP contribution in [0.15, 0.2) is 48.5 Å². The fraction of sp³-hybridized carbons (Fsp3) is 0.348. The highest BCUT2D eigenvalue weighted by atomic mass is 19.1. The van der Waals surface area contributed by atoms with Crippen molar-refractivity contribution < 1.29 is 19.1 Å². The molecule has 3 N–H and O–H groups in total. The van der Waals surface area contributed by atoms with Crippen molar-refractivity contribution in [2.24, 2.45) is 5.92 Å². The van der Waals surface area contributed by atoms with E-state index in [0.29, 0.717) is 36.9 Å². The molecule has 0 aliphatic carbocycles. The zero-order chi connectivity index (χ0) is 22.0. The summed E-state index contributed by atoms with van der Waals surface area (Å²) in [4.78, 5) is 27.2. The number of hydrogen-bond acceptors (Lipinski definition) is 4. The van der Waals surface area contributed by atoms with E-state index < -0.39 is 18.1 Å². The second kappa shape index (κ2) is 8.85. The molecule has 0 radical (unpaired) electrons. The monoisotopic (exact) mass is 424 g/mol. The predicted octanol–water partition coefficient (Wildman–Crippen LogP) is 2.79. The van der Waals surface area contributed by atoms with Crippen LogP contribution in [-0.4, -0.2) is 51.1 Å². The van der Waals surface area contributed by atoms with E-state index >= 15 is 0 Å². The molecule has 8 heteroatoms. The van der Waals surface area contributed by atoms with E-state index in [2.05, 4.69) is 15.5 Å². The van der Waals surface area contributed by atoms with Gasteiger partial charge in [-0.05, 0) is 49.4 Å². The smallest absolute Gasteiger partial charge is 0.273 e. The maximum atomic E-state index is 13.1. The van der Waals surface area contributed by atoms with Gasteiger partial charge < -0.3 is 15.3 Å². The number of benzene rings is 2. The molecule has 7 nitrogen and oxygen atoms in total. The summed E-state index contributed by atoms with van der Waals surface area (Å²) in [5.74, 6) is -0.909. The number of aromatic amines is 1.